The van der Waals surface area contributed by atoms with Crippen LogP contribution in [0.3, 0.4) is 0 Å². The van der Waals surface area contributed by atoms with Gasteiger partial charge in [0.05, 0.1) is 4.99 Å². The van der Waals surface area contributed by atoms with Crippen molar-refractivity contribution in [1.82, 2.24) is 4.90 Å². The molecule has 1 aliphatic heterocycles. The maximum atomic E-state index is 5.83. The lowest BCUT2D eigenvalue weighted by Crippen LogP contribution is -2.48. The molecule has 1 saturated heterocycles. The summed E-state index contributed by atoms with van der Waals surface area (Å²) < 4.78 is 0. The first-order chi connectivity index (χ1) is 8.50. The number of likely N-dealkylation sites (tertiary alicyclic amines) is 1. The van der Waals surface area contributed by atoms with Gasteiger partial charge in [-0.25, -0.2) is 0 Å². The van der Waals surface area contributed by atoms with Gasteiger partial charge in [-0.05, 0) is 51.1 Å². The van der Waals surface area contributed by atoms with Gasteiger partial charge in [-0.3, -0.25) is 0 Å². The Morgan fingerprint density at radius 3 is 2.61 bits per heavy atom. The van der Waals surface area contributed by atoms with Gasteiger partial charge in [0, 0.05) is 11.5 Å². The van der Waals surface area contributed by atoms with Gasteiger partial charge >= 0.3 is 0 Å². The molecule has 2 atom stereocenters. The summed E-state index contributed by atoms with van der Waals surface area (Å²) in [5.41, 5.74) is 5.84. The fourth-order valence-corrected chi connectivity index (χ4v) is 3.65. The standard InChI is InChI=1S/C15H28N2S/c1-15(2,14(16)18)9-11-17-10-5-7-12-6-3-4-8-13(12)17/h12-13H,3-11H2,1-2H3,(H2,16,18)/t12-,13-/m1/s1. The highest BCUT2D eigenvalue weighted by Gasteiger charge is 2.34. The van der Waals surface area contributed by atoms with E-state index in [1.165, 1.54) is 51.6 Å². The third-order valence-electron chi connectivity index (χ3n) is 5.05. The van der Waals surface area contributed by atoms with Crippen molar-refractivity contribution in [2.24, 2.45) is 17.1 Å². The zero-order valence-electron chi connectivity index (χ0n) is 12.0. The Morgan fingerprint density at radius 2 is 1.89 bits per heavy atom. The van der Waals surface area contributed by atoms with Gasteiger partial charge in [-0.2, -0.15) is 0 Å². The van der Waals surface area contributed by atoms with E-state index in [2.05, 4.69) is 18.7 Å². The van der Waals surface area contributed by atoms with Crippen molar-refractivity contribution in [3.05, 3.63) is 0 Å². The van der Waals surface area contributed by atoms with Gasteiger partial charge < -0.3 is 10.6 Å². The van der Waals surface area contributed by atoms with Crippen LogP contribution in [0.15, 0.2) is 0 Å². The molecule has 0 bridgehead atoms. The van der Waals surface area contributed by atoms with Crippen molar-refractivity contribution in [3.8, 4) is 0 Å². The summed E-state index contributed by atoms with van der Waals surface area (Å²) in [5, 5.41) is 0. The van der Waals surface area contributed by atoms with Gasteiger partial charge in [0.15, 0.2) is 0 Å². The van der Waals surface area contributed by atoms with Crippen molar-refractivity contribution < 1.29 is 0 Å². The molecule has 0 aromatic heterocycles. The lowest BCUT2D eigenvalue weighted by molar-refractivity contribution is 0.0552. The second kappa shape index (κ2) is 5.87. The number of nitrogens with zero attached hydrogens (tertiary/aromatic N) is 1. The molecule has 2 aliphatic rings. The Kier molecular flexibility index (Phi) is 4.65. The van der Waals surface area contributed by atoms with Crippen LogP contribution < -0.4 is 5.73 Å². The quantitative estimate of drug-likeness (QED) is 0.793. The second-order valence-electron chi connectivity index (χ2n) is 6.79. The largest absolute Gasteiger partial charge is 0.393 e. The SMILES string of the molecule is CC(C)(CCN1CCC[C@H]2CCCC[C@H]21)C(N)=S. The van der Waals surface area contributed by atoms with E-state index < -0.39 is 0 Å². The van der Waals surface area contributed by atoms with Crippen molar-refractivity contribution >= 4 is 17.2 Å². The van der Waals surface area contributed by atoms with Gasteiger partial charge in [-0.15, -0.1) is 0 Å². The fraction of sp³-hybridized carbons (Fsp3) is 0.933. The van der Waals surface area contributed by atoms with E-state index in [0.29, 0.717) is 4.99 Å². The third kappa shape index (κ3) is 3.24. The van der Waals surface area contributed by atoms with Crippen molar-refractivity contribution in [2.75, 3.05) is 13.1 Å². The molecule has 0 radical (unpaired) electrons. The van der Waals surface area contributed by atoms with Crippen LogP contribution in [0.2, 0.25) is 0 Å². The van der Waals surface area contributed by atoms with E-state index in [4.69, 9.17) is 18.0 Å². The zero-order chi connectivity index (χ0) is 13.2. The molecule has 0 spiro atoms. The molecule has 0 aromatic rings. The van der Waals surface area contributed by atoms with Crippen LogP contribution >= 0.6 is 12.2 Å². The molecular formula is C15H28N2S. The first kappa shape index (κ1) is 14.3. The molecule has 2 N–H and O–H groups in total. The molecule has 1 aliphatic carbocycles. The molecular weight excluding hydrogens is 240 g/mol. The van der Waals surface area contributed by atoms with Crippen molar-refractivity contribution in [3.63, 3.8) is 0 Å². The minimum absolute atomic E-state index is 0.0109. The topological polar surface area (TPSA) is 29.3 Å². The second-order valence-corrected chi connectivity index (χ2v) is 7.23. The first-order valence-corrected chi connectivity index (χ1v) is 7.95. The van der Waals surface area contributed by atoms with Gasteiger partial charge in [0.25, 0.3) is 0 Å². The predicted octanol–water partition coefficient (Wildman–Crippen LogP) is 3.34. The smallest absolute Gasteiger partial charge is 0.0784 e. The maximum absolute atomic E-state index is 5.83. The Labute approximate surface area is 117 Å². The lowest BCUT2D eigenvalue weighted by Gasteiger charge is -2.45. The molecule has 1 heterocycles. The Morgan fingerprint density at radius 1 is 1.22 bits per heavy atom. The normalized spacial score (nSPS) is 29.9. The minimum Gasteiger partial charge on any atom is -0.393 e. The average Bonchev–Trinajstić information content (AvgIpc) is 2.36. The monoisotopic (exact) mass is 268 g/mol. The summed E-state index contributed by atoms with van der Waals surface area (Å²) >= 11 is 5.17. The predicted molar refractivity (Wildman–Crippen MR) is 81.7 cm³/mol. The van der Waals surface area contributed by atoms with E-state index in [1.54, 1.807) is 0 Å². The highest BCUT2D eigenvalue weighted by Crippen LogP contribution is 2.36. The summed E-state index contributed by atoms with van der Waals surface area (Å²) in [6.45, 7) is 6.81. The highest BCUT2D eigenvalue weighted by molar-refractivity contribution is 7.80. The first-order valence-electron chi connectivity index (χ1n) is 7.55. The van der Waals surface area contributed by atoms with Crippen LogP contribution in [0.4, 0.5) is 0 Å². The van der Waals surface area contributed by atoms with Crippen molar-refractivity contribution in [1.29, 1.82) is 0 Å². The molecule has 2 nitrogen and oxygen atoms in total. The number of fused-ring (bicyclic) bond motifs is 1. The van der Waals surface area contributed by atoms with E-state index in [-0.39, 0.29) is 5.41 Å². The number of hydrogen-bond donors (Lipinski definition) is 1. The molecule has 0 aromatic carbocycles. The molecule has 3 heteroatoms. The van der Waals surface area contributed by atoms with Gasteiger partial charge in [0.1, 0.15) is 0 Å². The Hall–Kier alpha value is -0.150. The summed E-state index contributed by atoms with van der Waals surface area (Å²) in [5.74, 6) is 0.973. The molecule has 0 amide bonds. The summed E-state index contributed by atoms with van der Waals surface area (Å²) in [7, 11) is 0. The molecule has 104 valence electrons. The third-order valence-corrected chi connectivity index (χ3v) is 5.60. The molecule has 18 heavy (non-hydrogen) atoms. The van der Waals surface area contributed by atoms with Gasteiger partial charge in [-0.1, -0.05) is 38.9 Å². The van der Waals surface area contributed by atoms with E-state index in [0.717, 1.165) is 18.4 Å². The molecule has 2 rings (SSSR count). The fourth-order valence-electron chi connectivity index (χ4n) is 3.55. The number of hydrogen-bond acceptors (Lipinski definition) is 2. The Bertz CT molecular complexity index is 299. The highest BCUT2D eigenvalue weighted by atomic mass is 32.1. The van der Waals surface area contributed by atoms with Gasteiger partial charge in [0.2, 0.25) is 0 Å². The van der Waals surface area contributed by atoms with Crippen LogP contribution in [0.5, 0.6) is 0 Å². The van der Waals surface area contributed by atoms with Crippen LogP contribution in [0, 0.1) is 11.3 Å². The minimum atomic E-state index is 0.0109. The summed E-state index contributed by atoms with van der Waals surface area (Å²) in [4.78, 5) is 3.40. The molecule has 2 fully saturated rings. The zero-order valence-corrected chi connectivity index (χ0v) is 12.8. The number of nitrogens with two attached hydrogens (primary N) is 1. The summed E-state index contributed by atoms with van der Waals surface area (Å²) in [6, 6.07) is 0.856. The number of rotatable bonds is 4. The number of piperidine rings is 1. The maximum Gasteiger partial charge on any atom is 0.0784 e. The lowest BCUT2D eigenvalue weighted by atomic mass is 9.78. The van der Waals surface area contributed by atoms with Crippen LogP contribution in [0.1, 0.15) is 58.8 Å². The van der Waals surface area contributed by atoms with Crippen LogP contribution in [-0.4, -0.2) is 29.0 Å². The van der Waals surface area contributed by atoms with Crippen LogP contribution in [-0.2, 0) is 0 Å². The number of thiocarbonyl (C=S) groups is 1. The van der Waals surface area contributed by atoms with E-state index in [9.17, 15) is 0 Å². The Balaban J connectivity index is 1.90. The molecule has 1 saturated carbocycles. The van der Waals surface area contributed by atoms with E-state index in [1.807, 2.05) is 0 Å². The summed E-state index contributed by atoms with van der Waals surface area (Å²) in [6.07, 6.45) is 9.70. The average molecular weight is 268 g/mol. The van der Waals surface area contributed by atoms with E-state index >= 15 is 0 Å². The van der Waals surface area contributed by atoms with Crippen LogP contribution in [0.25, 0.3) is 0 Å². The molecule has 0 unspecified atom stereocenters. The van der Waals surface area contributed by atoms with Crippen molar-refractivity contribution in [2.45, 2.75) is 64.8 Å².